The van der Waals surface area contributed by atoms with E-state index in [9.17, 15) is 9.59 Å². The standard InChI is InChI=1S/C14H7Cl3N4O3/c15-8-4-2-1-3-7(8)13(23)24-10-6-18-12(20-10)11(22)14(17)19-5-9(16)21-14/h1-6H,(H,18,20). The molecule has 1 aliphatic heterocycles. The van der Waals surface area contributed by atoms with E-state index in [4.69, 9.17) is 39.5 Å². The molecule has 0 radical (unpaired) electrons. The fraction of sp³-hybridized carbons (Fsp3) is 0.0714. The van der Waals surface area contributed by atoms with Crippen molar-refractivity contribution < 1.29 is 14.3 Å². The van der Waals surface area contributed by atoms with Crippen molar-refractivity contribution in [1.82, 2.24) is 9.97 Å². The number of alkyl halides is 1. The van der Waals surface area contributed by atoms with Crippen molar-refractivity contribution in [3.05, 3.63) is 46.9 Å². The van der Waals surface area contributed by atoms with Crippen LogP contribution in [0.5, 0.6) is 5.88 Å². The number of Topliss-reactive ketones (excluding diaryl/α,β-unsaturated/α-hetero) is 1. The lowest BCUT2D eigenvalue weighted by Gasteiger charge is -2.10. The molecule has 0 saturated heterocycles. The number of nitrogens with zero attached hydrogens (tertiary/aromatic N) is 3. The maximum Gasteiger partial charge on any atom is 0.346 e. The summed E-state index contributed by atoms with van der Waals surface area (Å²) in [5.41, 5.74) is 0.167. The Kier molecular flexibility index (Phi) is 4.40. The highest BCUT2D eigenvalue weighted by Crippen LogP contribution is 2.28. The quantitative estimate of drug-likeness (QED) is 0.378. The summed E-state index contributed by atoms with van der Waals surface area (Å²) in [6.07, 6.45) is 2.39. The molecule has 1 aromatic carbocycles. The first-order chi connectivity index (χ1) is 11.4. The monoisotopic (exact) mass is 384 g/mol. The summed E-state index contributed by atoms with van der Waals surface area (Å²) in [6, 6.07) is 6.37. The fourth-order valence-electron chi connectivity index (χ4n) is 1.85. The van der Waals surface area contributed by atoms with Crippen LogP contribution < -0.4 is 4.74 Å². The number of benzene rings is 1. The zero-order valence-corrected chi connectivity index (χ0v) is 13.9. The third kappa shape index (κ3) is 3.19. The molecule has 10 heteroatoms. The molecular formula is C14H7Cl3N4O3. The number of hydrogen-bond donors (Lipinski definition) is 1. The van der Waals surface area contributed by atoms with Crippen molar-refractivity contribution in [2.24, 2.45) is 9.98 Å². The number of ketones is 1. The number of carbonyl (C=O) groups excluding carboxylic acids is 2. The summed E-state index contributed by atoms with van der Waals surface area (Å²) < 4.78 is 5.07. The number of carbonyl (C=O) groups is 2. The lowest BCUT2D eigenvalue weighted by molar-refractivity contribution is 0.0726. The normalized spacial score (nSPS) is 19.2. The summed E-state index contributed by atoms with van der Waals surface area (Å²) in [7, 11) is 0. The summed E-state index contributed by atoms with van der Waals surface area (Å²) in [5, 5.41) is -1.67. The Morgan fingerprint density at radius 2 is 1.96 bits per heavy atom. The van der Waals surface area contributed by atoms with Gasteiger partial charge in [0.2, 0.25) is 5.88 Å². The zero-order chi connectivity index (χ0) is 17.3. The lowest BCUT2D eigenvalue weighted by atomic mass is 10.2. The van der Waals surface area contributed by atoms with Crippen LogP contribution in [0, 0.1) is 0 Å². The van der Waals surface area contributed by atoms with E-state index in [1.807, 2.05) is 0 Å². The van der Waals surface area contributed by atoms with Crippen LogP contribution in [0.1, 0.15) is 21.0 Å². The molecule has 1 aliphatic rings. The summed E-state index contributed by atoms with van der Waals surface area (Å²) in [6.45, 7) is 0. The van der Waals surface area contributed by atoms with Gasteiger partial charge in [-0.15, -0.1) is 0 Å². The highest BCUT2D eigenvalue weighted by atomic mass is 35.5. The topological polar surface area (TPSA) is 96.8 Å². The van der Waals surface area contributed by atoms with E-state index < -0.39 is 16.9 Å². The maximum absolute atomic E-state index is 12.3. The molecule has 1 aromatic heterocycles. The first-order valence-electron chi connectivity index (χ1n) is 6.45. The van der Waals surface area contributed by atoms with Crippen molar-refractivity contribution in [1.29, 1.82) is 0 Å². The van der Waals surface area contributed by atoms with Gasteiger partial charge in [0.25, 0.3) is 10.9 Å². The van der Waals surface area contributed by atoms with Gasteiger partial charge in [0, 0.05) is 0 Å². The second kappa shape index (κ2) is 6.35. The molecule has 1 N–H and O–H groups in total. The fourth-order valence-corrected chi connectivity index (χ4v) is 2.50. The van der Waals surface area contributed by atoms with Crippen LogP contribution in [0.4, 0.5) is 0 Å². The SMILES string of the molecule is O=C(Oc1c[nH]c(C(=O)C2(Cl)N=CC(Cl)=N2)n1)c1ccccc1Cl. The minimum absolute atomic E-state index is 0.00437. The van der Waals surface area contributed by atoms with Gasteiger partial charge in [-0.05, 0) is 12.1 Å². The largest absolute Gasteiger partial charge is 0.402 e. The molecule has 1 atom stereocenters. The number of imidazole rings is 1. The Balaban J connectivity index is 1.77. The average molecular weight is 386 g/mol. The van der Waals surface area contributed by atoms with Crippen molar-refractivity contribution >= 4 is 57.9 Å². The van der Waals surface area contributed by atoms with Crippen LogP contribution in [-0.4, -0.2) is 38.2 Å². The van der Waals surface area contributed by atoms with Gasteiger partial charge in [-0.2, -0.15) is 4.98 Å². The molecule has 0 spiro atoms. The van der Waals surface area contributed by atoms with E-state index in [1.54, 1.807) is 18.2 Å². The van der Waals surface area contributed by atoms with Crippen LogP contribution in [0.25, 0.3) is 0 Å². The molecule has 0 bridgehead atoms. The van der Waals surface area contributed by atoms with E-state index in [0.29, 0.717) is 0 Å². The Morgan fingerprint density at radius 1 is 1.21 bits per heavy atom. The smallest absolute Gasteiger partial charge is 0.346 e. The molecule has 0 aliphatic carbocycles. The van der Waals surface area contributed by atoms with Crippen LogP contribution in [-0.2, 0) is 0 Å². The molecule has 7 nitrogen and oxygen atoms in total. The number of halogens is 3. The molecule has 2 aromatic rings. The molecule has 1 unspecified atom stereocenters. The minimum atomic E-state index is -1.90. The number of ether oxygens (including phenoxy) is 1. The summed E-state index contributed by atoms with van der Waals surface area (Å²) >= 11 is 17.5. The van der Waals surface area contributed by atoms with Crippen molar-refractivity contribution in [3.63, 3.8) is 0 Å². The van der Waals surface area contributed by atoms with Crippen molar-refractivity contribution in [2.45, 2.75) is 5.12 Å². The molecule has 0 amide bonds. The molecule has 0 saturated carbocycles. The van der Waals surface area contributed by atoms with Gasteiger partial charge in [0.1, 0.15) is 5.17 Å². The molecule has 2 heterocycles. The van der Waals surface area contributed by atoms with E-state index in [-0.39, 0.29) is 27.5 Å². The van der Waals surface area contributed by atoms with Gasteiger partial charge in [0.15, 0.2) is 5.82 Å². The predicted octanol–water partition coefficient (Wildman–Crippen LogP) is 3.08. The lowest BCUT2D eigenvalue weighted by Crippen LogP contribution is -2.27. The number of H-pyrrole nitrogens is 1. The van der Waals surface area contributed by atoms with Crippen LogP contribution >= 0.6 is 34.8 Å². The van der Waals surface area contributed by atoms with Crippen molar-refractivity contribution in [2.75, 3.05) is 0 Å². The predicted molar refractivity (Wildman–Crippen MR) is 89.7 cm³/mol. The molecule has 122 valence electrons. The number of aromatic nitrogens is 2. The second-order valence-corrected chi connectivity index (χ2v) is 5.89. The van der Waals surface area contributed by atoms with E-state index >= 15 is 0 Å². The average Bonchev–Trinajstić information content (AvgIpc) is 3.14. The van der Waals surface area contributed by atoms with Gasteiger partial charge in [0.05, 0.1) is 23.0 Å². The number of aliphatic imine (C=N–C) groups is 2. The zero-order valence-electron chi connectivity index (χ0n) is 11.7. The summed E-state index contributed by atoms with van der Waals surface area (Å²) in [4.78, 5) is 38.2. The summed E-state index contributed by atoms with van der Waals surface area (Å²) in [5.74, 6) is -1.76. The number of hydrogen-bond acceptors (Lipinski definition) is 6. The first-order valence-corrected chi connectivity index (χ1v) is 7.59. The minimum Gasteiger partial charge on any atom is -0.402 e. The molecule has 3 rings (SSSR count). The Bertz CT molecular complexity index is 893. The first kappa shape index (κ1) is 16.6. The van der Waals surface area contributed by atoms with E-state index in [1.165, 1.54) is 12.3 Å². The highest BCUT2D eigenvalue weighted by molar-refractivity contribution is 6.81. The number of esters is 1. The second-order valence-electron chi connectivity index (χ2n) is 4.57. The molecule has 0 fully saturated rings. The van der Waals surface area contributed by atoms with Crippen LogP contribution in [0.15, 0.2) is 40.4 Å². The van der Waals surface area contributed by atoms with Gasteiger partial charge >= 0.3 is 5.97 Å². The van der Waals surface area contributed by atoms with Gasteiger partial charge in [-0.1, -0.05) is 46.9 Å². The number of aromatic amines is 1. The van der Waals surface area contributed by atoms with Gasteiger partial charge in [-0.3, -0.25) is 4.79 Å². The Morgan fingerprint density at radius 3 is 2.62 bits per heavy atom. The van der Waals surface area contributed by atoms with Gasteiger partial charge < -0.3 is 9.72 Å². The Hall–Kier alpha value is -2.22. The number of nitrogens with one attached hydrogen (secondary N) is 1. The maximum atomic E-state index is 12.3. The number of rotatable bonds is 4. The van der Waals surface area contributed by atoms with Gasteiger partial charge in [-0.25, -0.2) is 14.8 Å². The van der Waals surface area contributed by atoms with E-state index in [2.05, 4.69) is 20.0 Å². The molecule has 24 heavy (non-hydrogen) atoms. The van der Waals surface area contributed by atoms with Crippen molar-refractivity contribution in [3.8, 4) is 5.88 Å². The van der Waals surface area contributed by atoms with Crippen LogP contribution in [0.3, 0.4) is 0 Å². The third-order valence-electron chi connectivity index (χ3n) is 2.95. The van der Waals surface area contributed by atoms with Crippen LogP contribution in [0.2, 0.25) is 5.02 Å². The molecular weight excluding hydrogens is 379 g/mol. The Labute approximate surface area is 150 Å². The third-order valence-corrected chi connectivity index (χ3v) is 3.81. The highest BCUT2D eigenvalue weighted by Gasteiger charge is 2.40. The van der Waals surface area contributed by atoms with E-state index in [0.717, 1.165) is 6.21 Å².